The second-order valence-corrected chi connectivity index (χ2v) is 9.46. The molecule has 176 valence electrons. The molecule has 1 saturated carbocycles. The SMILES string of the molecule is CC(C)Oc1ccccc1N1CCN(CCCN2C(=O)C3CC(O)C(O)CC3C2=O)CC1. The van der Waals surface area contributed by atoms with Crippen LogP contribution in [0.1, 0.15) is 33.1 Å². The van der Waals surface area contributed by atoms with Gasteiger partial charge in [0.15, 0.2) is 0 Å². The Balaban J connectivity index is 1.25. The maximum absolute atomic E-state index is 12.7. The van der Waals surface area contributed by atoms with Gasteiger partial charge in [-0.3, -0.25) is 19.4 Å². The van der Waals surface area contributed by atoms with Gasteiger partial charge in [-0.2, -0.15) is 0 Å². The van der Waals surface area contributed by atoms with Crippen LogP contribution in [0.4, 0.5) is 5.69 Å². The molecule has 2 aliphatic heterocycles. The van der Waals surface area contributed by atoms with Crippen molar-refractivity contribution < 1.29 is 24.5 Å². The summed E-state index contributed by atoms with van der Waals surface area (Å²) in [4.78, 5) is 31.4. The lowest BCUT2D eigenvalue weighted by Crippen LogP contribution is -2.47. The molecule has 1 aliphatic carbocycles. The van der Waals surface area contributed by atoms with Gasteiger partial charge in [-0.1, -0.05) is 12.1 Å². The smallest absolute Gasteiger partial charge is 0.233 e. The van der Waals surface area contributed by atoms with Crippen LogP contribution in [0, 0.1) is 11.8 Å². The van der Waals surface area contributed by atoms with Crippen molar-refractivity contribution in [3.8, 4) is 5.75 Å². The van der Waals surface area contributed by atoms with Crippen LogP contribution in [-0.4, -0.2) is 89.4 Å². The summed E-state index contributed by atoms with van der Waals surface area (Å²) in [5.74, 6) is -0.399. The van der Waals surface area contributed by atoms with Gasteiger partial charge in [-0.05, 0) is 51.8 Å². The molecule has 2 N–H and O–H groups in total. The third-order valence-corrected chi connectivity index (χ3v) is 6.88. The van der Waals surface area contributed by atoms with Crippen LogP contribution in [0.2, 0.25) is 0 Å². The molecule has 3 fully saturated rings. The fourth-order valence-corrected chi connectivity index (χ4v) is 5.18. The molecule has 0 radical (unpaired) electrons. The van der Waals surface area contributed by atoms with Crippen molar-refractivity contribution in [3.63, 3.8) is 0 Å². The van der Waals surface area contributed by atoms with Crippen LogP contribution in [0.15, 0.2) is 24.3 Å². The first kappa shape index (κ1) is 23.0. The highest BCUT2D eigenvalue weighted by Gasteiger charge is 2.51. The van der Waals surface area contributed by atoms with Gasteiger partial charge in [0.1, 0.15) is 5.75 Å². The molecule has 4 unspecified atom stereocenters. The van der Waals surface area contributed by atoms with E-state index >= 15 is 0 Å². The number of hydrogen-bond donors (Lipinski definition) is 2. The lowest BCUT2D eigenvalue weighted by atomic mass is 9.78. The van der Waals surface area contributed by atoms with Crippen molar-refractivity contribution in [2.45, 2.75) is 51.4 Å². The first-order valence-electron chi connectivity index (χ1n) is 11.8. The molecule has 3 aliphatic rings. The predicted octanol–water partition coefficient (Wildman–Crippen LogP) is 1.10. The van der Waals surface area contributed by atoms with E-state index in [-0.39, 0.29) is 30.8 Å². The van der Waals surface area contributed by atoms with Gasteiger partial charge in [0, 0.05) is 32.7 Å². The summed E-state index contributed by atoms with van der Waals surface area (Å²) in [7, 11) is 0. The molecule has 32 heavy (non-hydrogen) atoms. The van der Waals surface area contributed by atoms with Crippen LogP contribution in [-0.2, 0) is 9.59 Å². The number of piperazine rings is 1. The van der Waals surface area contributed by atoms with Crippen molar-refractivity contribution in [3.05, 3.63) is 24.3 Å². The molecule has 2 saturated heterocycles. The average Bonchev–Trinajstić information content (AvgIpc) is 2.99. The maximum atomic E-state index is 12.7. The summed E-state index contributed by atoms with van der Waals surface area (Å²) in [6, 6.07) is 8.15. The minimum Gasteiger partial charge on any atom is -0.489 e. The van der Waals surface area contributed by atoms with E-state index in [9.17, 15) is 19.8 Å². The van der Waals surface area contributed by atoms with Crippen molar-refractivity contribution in [1.82, 2.24) is 9.80 Å². The van der Waals surface area contributed by atoms with Gasteiger partial charge >= 0.3 is 0 Å². The first-order chi connectivity index (χ1) is 15.3. The highest BCUT2D eigenvalue weighted by Crippen LogP contribution is 2.38. The zero-order valence-electron chi connectivity index (χ0n) is 19.0. The van der Waals surface area contributed by atoms with E-state index in [1.165, 1.54) is 4.90 Å². The van der Waals surface area contributed by atoms with E-state index in [1.807, 2.05) is 32.0 Å². The molecule has 2 heterocycles. The molecule has 0 spiro atoms. The summed E-state index contributed by atoms with van der Waals surface area (Å²) in [5.41, 5.74) is 1.13. The molecule has 0 bridgehead atoms. The number of likely N-dealkylation sites (tertiary alicyclic amines) is 1. The molecule has 4 atom stereocenters. The Morgan fingerprint density at radius 3 is 2.12 bits per heavy atom. The number of rotatable bonds is 7. The Morgan fingerprint density at radius 1 is 0.938 bits per heavy atom. The second-order valence-electron chi connectivity index (χ2n) is 9.46. The Labute approximate surface area is 189 Å². The normalized spacial score (nSPS) is 29.0. The number of para-hydroxylation sites is 2. The fraction of sp³-hybridized carbons (Fsp3) is 0.667. The van der Waals surface area contributed by atoms with Crippen molar-refractivity contribution in [2.75, 3.05) is 44.2 Å². The van der Waals surface area contributed by atoms with Crippen LogP contribution >= 0.6 is 0 Å². The minimum atomic E-state index is -0.916. The molecule has 2 amide bonds. The molecule has 4 rings (SSSR count). The van der Waals surface area contributed by atoms with E-state index < -0.39 is 24.0 Å². The van der Waals surface area contributed by atoms with E-state index in [2.05, 4.69) is 15.9 Å². The second kappa shape index (κ2) is 9.77. The van der Waals surface area contributed by atoms with Gasteiger partial charge in [0.25, 0.3) is 0 Å². The number of benzene rings is 1. The van der Waals surface area contributed by atoms with Gasteiger partial charge in [-0.15, -0.1) is 0 Å². The highest BCUT2D eigenvalue weighted by atomic mass is 16.5. The third kappa shape index (κ3) is 4.77. The Bertz CT molecular complexity index is 796. The number of fused-ring (bicyclic) bond motifs is 1. The summed E-state index contributed by atoms with van der Waals surface area (Å²) in [5, 5.41) is 19.7. The number of imide groups is 1. The number of ether oxygens (including phenoxy) is 1. The number of aliphatic hydroxyl groups is 2. The summed E-state index contributed by atoms with van der Waals surface area (Å²) >= 11 is 0. The number of anilines is 1. The average molecular weight is 446 g/mol. The molecular formula is C24H35N3O5. The highest BCUT2D eigenvalue weighted by molar-refractivity contribution is 6.05. The number of carbonyl (C=O) groups excluding carboxylic acids is 2. The molecule has 8 nitrogen and oxygen atoms in total. The topological polar surface area (TPSA) is 93.6 Å². The minimum absolute atomic E-state index is 0.129. The summed E-state index contributed by atoms with van der Waals surface area (Å²) in [6.45, 7) is 8.94. The van der Waals surface area contributed by atoms with E-state index in [0.717, 1.165) is 50.6 Å². The van der Waals surface area contributed by atoms with Crippen LogP contribution < -0.4 is 9.64 Å². The number of hydrogen-bond acceptors (Lipinski definition) is 7. The zero-order chi connectivity index (χ0) is 22.8. The van der Waals surface area contributed by atoms with Gasteiger partial charge in [-0.25, -0.2) is 0 Å². The van der Waals surface area contributed by atoms with Gasteiger partial charge < -0.3 is 19.8 Å². The number of carbonyl (C=O) groups is 2. The monoisotopic (exact) mass is 445 g/mol. The van der Waals surface area contributed by atoms with Crippen molar-refractivity contribution >= 4 is 17.5 Å². The quantitative estimate of drug-likeness (QED) is 0.607. The van der Waals surface area contributed by atoms with Crippen LogP contribution in [0.3, 0.4) is 0 Å². The van der Waals surface area contributed by atoms with Gasteiger partial charge in [0.05, 0.1) is 35.8 Å². The zero-order valence-corrected chi connectivity index (χ0v) is 19.0. The Kier molecular flexibility index (Phi) is 7.02. The molecular weight excluding hydrogens is 410 g/mol. The molecule has 1 aromatic rings. The summed E-state index contributed by atoms with van der Waals surface area (Å²) in [6.07, 6.45) is -0.618. The van der Waals surface area contributed by atoms with E-state index in [4.69, 9.17) is 4.74 Å². The lowest BCUT2D eigenvalue weighted by Gasteiger charge is -2.37. The fourth-order valence-electron chi connectivity index (χ4n) is 5.18. The number of aliphatic hydroxyl groups excluding tert-OH is 2. The third-order valence-electron chi connectivity index (χ3n) is 6.88. The van der Waals surface area contributed by atoms with Crippen molar-refractivity contribution in [1.29, 1.82) is 0 Å². The summed E-state index contributed by atoms with van der Waals surface area (Å²) < 4.78 is 5.96. The Hall–Kier alpha value is -2.16. The lowest BCUT2D eigenvalue weighted by molar-refractivity contribution is -0.140. The maximum Gasteiger partial charge on any atom is 0.233 e. The van der Waals surface area contributed by atoms with E-state index in [1.54, 1.807) is 0 Å². The predicted molar refractivity (Wildman–Crippen MR) is 120 cm³/mol. The van der Waals surface area contributed by atoms with E-state index in [0.29, 0.717) is 6.54 Å². The van der Waals surface area contributed by atoms with Gasteiger partial charge in [0.2, 0.25) is 11.8 Å². The number of amides is 2. The van der Waals surface area contributed by atoms with Crippen LogP contribution in [0.25, 0.3) is 0 Å². The van der Waals surface area contributed by atoms with Crippen LogP contribution in [0.5, 0.6) is 5.75 Å². The molecule has 0 aromatic heterocycles. The number of nitrogens with zero attached hydrogens (tertiary/aromatic N) is 3. The molecule has 8 heteroatoms. The largest absolute Gasteiger partial charge is 0.489 e. The van der Waals surface area contributed by atoms with Crippen molar-refractivity contribution in [2.24, 2.45) is 11.8 Å². The standard InChI is InChI=1S/C24H35N3O5/c1-16(2)32-22-7-4-3-6-19(22)26-12-10-25(11-13-26)8-5-9-27-23(30)17-14-20(28)21(29)15-18(17)24(27)31/h3-4,6-7,16-18,20-21,28-29H,5,8-15H2,1-2H3. The molecule has 1 aromatic carbocycles. The Morgan fingerprint density at radius 2 is 1.53 bits per heavy atom. The first-order valence-corrected chi connectivity index (χ1v) is 11.8.